The van der Waals surface area contributed by atoms with Crippen molar-refractivity contribution in [1.82, 2.24) is 5.32 Å². The van der Waals surface area contributed by atoms with Crippen LogP contribution in [0.15, 0.2) is 18.2 Å². The van der Waals surface area contributed by atoms with Gasteiger partial charge in [0.1, 0.15) is 11.6 Å². The van der Waals surface area contributed by atoms with Crippen molar-refractivity contribution in [3.05, 3.63) is 35.4 Å². The molecule has 15 heavy (non-hydrogen) atoms. The highest BCUT2D eigenvalue weighted by Gasteiger charge is 2.13. The molecule has 2 atom stereocenters. The number of aliphatic hydroxyl groups is 1. The van der Waals surface area contributed by atoms with Gasteiger partial charge in [-0.2, -0.15) is 0 Å². The van der Waals surface area contributed by atoms with Gasteiger partial charge in [-0.25, -0.2) is 8.78 Å². The van der Waals surface area contributed by atoms with Crippen molar-refractivity contribution in [2.45, 2.75) is 25.9 Å². The number of nitrogens with one attached hydrogen (secondary N) is 1. The maximum Gasteiger partial charge on any atom is 0.128 e. The molecule has 0 radical (unpaired) electrons. The summed E-state index contributed by atoms with van der Waals surface area (Å²) in [5, 5.41) is 11.8. The Morgan fingerprint density at radius 1 is 1.33 bits per heavy atom. The Hall–Kier alpha value is -1.00. The number of benzene rings is 1. The summed E-state index contributed by atoms with van der Waals surface area (Å²) in [6.45, 7) is 3.46. The summed E-state index contributed by atoms with van der Waals surface area (Å²) >= 11 is 0. The molecular weight excluding hydrogens is 200 g/mol. The molecule has 0 aromatic heterocycles. The molecule has 2 N–H and O–H groups in total. The van der Waals surface area contributed by atoms with Gasteiger partial charge >= 0.3 is 0 Å². The van der Waals surface area contributed by atoms with Crippen LogP contribution in [0.25, 0.3) is 0 Å². The first-order valence-electron chi connectivity index (χ1n) is 4.86. The van der Waals surface area contributed by atoms with Crippen molar-refractivity contribution in [3.8, 4) is 0 Å². The van der Waals surface area contributed by atoms with Gasteiger partial charge in [-0.1, -0.05) is 0 Å². The minimum Gasteiger partial charge on any atom is -0.395 e. The standard InChI is InChI=1S/C11H15F2NO/c1-7(6-15)14-8(2)10-5-9(12)3-4-11(10)13/h3-5,7-8,14-15H,6H2,1-2H3/t7-,8+/m1/s1. The fourth-order valence-corrected chi connectivity index (χ4v) is 1.42. The van der Waals surface area contributed by atoms with Crippen molar-refractivity contribution < 1.29 is 13.9 Å². The highest BCUT2D eigenvalue weighted by molar-refractivity contribution is 5.21. The molecule has 1 aromatic rings. The summed E-state index contributed by atoms with van der Waals surface area (Å²) in [6, 6.07) is 2.87. The second-order valence-corrected chi connectivity index (χ2v) is 3.64. The molecule has 1 aromatic carbocycles. The van der Waals surface area contributed by atoms with Gasteiger partial charge in [0.05, 0.1) is 6.61 Å². The van der Waals surface area contributed by atoms with E-state index in [0.717, 1.165) is 18.2 Å². The maximum absolute atomic E-state index is 13.3. The molecule has 0 bridgehead atoms. The van der Waals surface area contributed by atoms with Crippen LogP contribution in [-0.4, -0.2) is 17.8 Å². The monoisotopic (exact) mass is 215 g/mol. The highest BCUT2D eigenvalue weighted by atomic mass is 19.1. The maximum atomic E-state index is 13.3. The summed E-state index contributed by atoms with van der Waals surface area (Å²) in [7, 11) is 0. The van der Waals surface area contributed by atoms with Crippen molar-refractivity contribution >= 4 is 0 Å². The summed E-state index contributed by atoms with van der Waals surface area (Å²) in [4.78, 5) is 0. The average molecular weight is 215 g/mol. The fourth-order valence-electron chi connectivity index (χ4n) is 1.42. The zero-order chi connectivity index (χ0) is 11.4. The lowest BCUT2D eigenvalue weighted by molar-refractivity contribution is 0.242. The zero-order valence-electron chi connectivity index (χ0n) is 8.80. The molecule has 4 heteroatoms. The van der Waals surface area contributed by atoms with E-state index in [1.807, 2.05) is 0 Å². The molecule has 0 aliphatic carbocycles. The van der Waals surface area contributed by atoms with Crippen molar-refractivity contribution in [2.75, 3.05) is 6.61 Å². The predicted molar refractivity (Wildman–Crippen MR) is 54.5 cm³/mol. The van der Waals surface area contributed by atoms with Crippen molar-refractivity contribution in [1.29, 1.82) is 0 Å². The molecule has 0 unspecified atom stereocenters. The van der Waals surface area contributed by atoms with Gasteiger partial charge in [0.2, 0.25) is 0 Å². The summed E-state index contributed by atoms with van der Waals surface area (Å²) in [6.07, 6.45) is 0. The van der Waals surface area contributed by atoms with Gasteiger partial charge in [0.15, 0.2) is 0 Å². The summed E-state index contributed by atoms with van der Waals surface area (Å²) in [5.41, 5.74) is 0.273. The van der Waals surface area contributed by atoms with Crippen LogP contribution in [0.2, 0.25) is 0 Å². The molecule has 84 valence electrons. The van der Waals surface area contributed by atoms with Crippen molar-refractivity contribution in [2.24, 2.45) is 0 Å². The van der Waals surface area contributed by atoms with Crippen LogP contribution in [0.3, 0.4) is 0 Å². The van der Waals surface area contributed by atoms with E-state index in [0.29, 0.717) is 0 Å². The number of hydrogen-bond acceptors (Lipinski definition) is 2. The molecule has 0 spiro atoms. The molecule has 0 saturated carbocycles. The van der Waals surface area contributed by atoms with E-state index in [1.165, 1.54) is 0 Å². The Morgan fingerprint density at radius 3 is 2.60 bits per heavy atom. The lowest BCUT2D eigenvalue weighted by Gasteiger charge is -2.19. The van der Waals surface area contributed by atoms with E-state index in [1.54, 1.807) is 13.8 Å². The second kappa shape index (κ2) is 5.19. The first-order chi connectivity index (χ1) is 7.04. The lowest BCUT2D eigenvalue weighted by atomic mass is 10.1. The normalized spacial score (nSPS) is 15.0. The molecular formula is C11H15F2NO. The van der Waals surface area contributed by atoms with Gasteiger partial charge in [-0.05, 0) is 32.0 Å². The Kier molecular flexibility index (Phi) is 4.17. The van der Waals surface area contributed by atoms with Crippen LogP contribution in [-0.2, 0) is 0 Å². The Labute approximate surface area is 87.9 Å². The molecule has 0 heterocycles. The van der Waals surface area contributed by atoms with E-state index < -0.39 is 11.6 Å². The Morgan fingerprint density at radius 2 is 2.00 bits per heavy atom. The first-order valence-corrected chi connectivity index (χ1v) is 4.86. The van der Waals surface area contributed by atoms with E-state index >= 15 is 0 Å². The molecule has 0 fully saturated rings. The van der Waals surface area contributed by atoms with E-state index in [-0.39, 0.29) is 24.3 Å². The summed E-state index contributed by atoms with van der Waals surface area (Å²) in [5.74, 6) is -0.904. The third kappa shape index (κ3) is 3.25. The second-order valence-electron chi connectivity index (χ2n) is 3.64. The molecule has 0 amide bonds. The Balaban J connectivity index is 2.80. The molecule has 2 nitrogen and oxygen atoms in total. The minimum atomic E-state index is -0.461. The topological polar surface area (TPSA) is 32.3 Å². The molecule has 0 aliphatic rings. The van der Waals surface area contributed by atoms with Crippen LogP contribution in [0.1, 0.15) is 25.5 Å². The molecule has 1 rings (SSSR count). The van der Waals surface area contributed by atoms with Crippen LogP contribution < -0.4 is 5.32 Å². The van der Waals surface area contributed by atoms with Crippen LogP contribution >= 0.6 is 0 Å². The molecule has 0 saturated heterocycles. The largest absolute Gasteiger partial charge is 0.395 e. The third-order valence-corrected chi connectivity index (χ3v) is 2.23. The van der Waals surface area contributed by atoms with Gasteiger partial charge in [0, 0.05) is 17.6 Å². The first kappa shape index (κ1) is 12.1. The van der Waals surface area contributed by atoms with E-state index in [4.69, 9.17) is 5.11 Å². The summed E-state index contributed by atoms with van der Waals surface area (Å²) < 4.78 is 26.2. The minimum absolute atomic E-state index is 0.0404. The van der Waals surface area contributed by atoms with Crippen LogP contribution in [0, 0.1) is 11.6 Å². The van der Waals surface area contributed by atoms with Gasteiger partial charge in [-0.3, -0.25) is 0 Å². The lowest BCUT2D eigenvalue weighted by Crippen LogP contribution is -2.32. The predicted octanol–water partition coefficient (Wildman–Crippen LogP) is 2.00. The van der Waals surface area contributed by atoms with Crippen LogP contribution in [0.5, 0.6) is 0 Å². The number of aliphatic hydroxyl groups excluding tert-OH is 1. The quantitative estimate of drug-likeness (QED) is 0.805. The average Bonchev–Trinajstić information content (AvgIpc) is 2.21. The van der Waals surface area contributed by atoms with E-state index in [9.17, 15) is 8.78 Å². The zero-order valence-corrected chi connectivity index (χ0v) is 8.80. The fraction of sp³-hybridized carbons (Fsp3) is 0.455. The molecule has 0 aliphatic heterocycles. The smallest absolute Gasteiger partial charge is 0.128 e. The number of halogens is 2. The Bertz CT molecular complexity index is 330. The van der Waals surface area contributed by atoms with E-state index in [2.05, 4.69) is 5.32 Å². The third-order valence-electron chi connectivity index (χ3n) is 2.23. The SMILES string of the molecule is C[C@H](CO)N[C@@H](C)c1cc(F)ccc1F. The number of rotatable bonds is 4. The van der Waals surface area contributed by atoms with Gasteiger partial charge in [0.25, 0.3) is 0 Å². The van der Waals surface area contributed by atoms with Gasteiger partial charge in [-0.15, -0.1) is 0 Å². The van der Waals surface area contributed by atoms with Gasteiger partial charge < -0.3 is 10.4 Å². The number of hydrogen-bond donors (Lipinski definition) is 2. The van der Waals surface area contributed by atoms with Crippen LogP contribution in [0.4, 0.5) is 8.78 Å². The highest BCUT2D eigenvalue weighted by Crippen LogP contribution is 2.18. The van der Waals surface area contributed by atoms with Crippen molar-refractivity contribution in [3.63, 3.8) is 0 Å².